The van der Waals surface area contributed by atoms with Crippen LogP contribution in [0.15, 0.2) is 29.4 Å². The van der Waals surface area contributed by atoms with E-state index in [1.807, 2.05) is 31.2 Å². The Morgan fingerprint density at radius 2 is 2.29 bits per heavy atom. The quantitative estimate of drug-likeness (QED) is 0.479. The molecule has 0 bridgehead atoms. The lowest BCUT2D eigenvalue weighted by molar-refractivity contribution is 0.114. The number of hydrazone groups is 1. The van der Waals surface area contributed by atoms with Gasteiger partial charge in [-0.3, -0.25) is 5.43 Å². The van der Waals surface area contributed by atoms with E-state index < -0.39 is 0 Å². The molecule has 1 aromatic rings. The van der Waals surface area contributed by atoms with Crippen molar-refractivity contribution < 1.29 is 9.47 Å². The molecule has 21 heavy (non-hydrogen) atoms. The van der Waals surface area contributed by atoms with Crippen LogP contribution in [0.4, 0.5) is 0 Å². The molecule has 0 spiro atoms. The van der Waals surface area contributed by atoms with E-state index in [4.69, 9.17) is 21.7 Å². The Bertz CT molecular complexity index is 470. The fourth-order valence-electron chi connectivity index (χ4n) is 2.03. The Hall–Kier alpha value is -1.66. The van der Waals surface area contributed by atoms with E-state index in [0.29, 0.717) is 11.7 Å². The summed E-state index contributed by atoms with van der Waals surface area (Å²) in [5, 5.41) is 7.71. The molecule has 1 heterocycles. The van der Waals surface area contributed by atoms with Crippen molar-refractivity contribution in [3.05, 3.63) is 29.8 Å². The van der Waals surface area contributed by atoms with Crippen molar-refractivity contribution >= 4 is 23.5 Å². The van der Waals surface area contributed by atoms with Gasteiger partial charge in [0.15, 0.2) is 5.11 Å². The Morgan fingerprint density at radius 3 is 2.95 bits per heavy atom. The number of rotatable bonds is 6. The molecule has 0 amide bonds. The van der Waals surface area contributed by atoms with Gasteiger partial charge < -0.3 is 14.8 Å². The summed E-state index contributed by atoms with van der Waals surface area (Å²) in [6.45, 7) is 4.20. The van der Waals surface area contributed by atoms with Crippen LogP contribution in [0.25, 0.3) is 0 Å². The first-order valence-electron chi connectivity index (χ1n) is 7.19. The maximum atomic E-state index is 5.51. The second-order valence-electron chi connectivity index (χ2n) is 4.72. The summed E-state index contributed by atoms with van der Waals surface area (Å²) in [6.07, 6.45) is 4.20. The number of thiocarbonyl (C=S) groups is 1. The van der Waals surface area contributed by atoms with Crippen molar-refractivity contribution in [2.45, 2.75) is 25.9 Å². The van der Waals surface area contributed by atoms with Gasteiger partial charge >= 0.3 is 0 Å². The van der Waals surface area contributed by atoms with Crippen molar-refractivity contribution in [2.24, 2.45) is 5.10 Å². The van der Waals surface area contributed by atoms with Gasteiger partial charge in [0, 0.05) is 13.2 Å². The summed E-state index contributed by atoms with van der Waals surface area (Å²) in [7, 11) is 0. The number of nitrogens with one attached hydrogen (secondary N) is 2. The average molecular weight is 307 g/mol. The van der Waals surface area contributed by atoms with Crippen molar-refractivity contribution in [3.63, 3.8) is 0 Å². The van der Waals surface area contributed by atoms with E-state index in [9.17, 15) is 0 Å². The molecule has 1 atom stereocenters. The van der Waals surface area contributed by atoms with Crippen LogP contribution in [-0.4, -0.2) is 37.2 Å². The van der Waals surface area contributed by atoms with Crippen LogP contribution in [0.3, 0.4) is 0 Å². The highest BCUT2D eigenvalue weighted by Crippen LogP contribution is 2.11. The van der Waals surface area contributed by atoms with E-state index in [1.165, 1.54) is 0 Å². The van der Waals surface area contributed by atoms with Gasteiger partial charge in [-0.25, -0.2) is 0 Å². The molecule has 1 aliphatic rings. The second kappa shape index (κ2) is 8.59. The minimum absolute atomic E-state index is 0.264. The Labute approximate surface area is 130 Å². The third kappa shape index (κ3) is 5.69. The summed E-state index contributed by atoms with van der Waals surface area (Å²) in [5.74, 6) is 0.858. The van der Waals surface area contributed by atoms with Gasteiger partial charge in [0.2, 0.25) is 0 Å². The standard InChI is InChI=1S/C15H21N3O2S/c1-2-19-13-7-5-12(6-8-13)10-17-18-15(21)16-11-14-4-3-9-20-14/h5-8,10,14H,2-4,9,11H2,1H3,(H2,16,18,21). The van der Waals surface area contributed by atoms with Gasteiger partial charge in [0.1, 0.15) is 5.75 Å². The molecule has 114 valence electrons. The number of nitrogens with zero attached hydrogens (tertiary/aromatic N) is 1. The second-order valence-corrected chi connectivity index (χ2v) is 5.13. The van der Waals surface area contributed by atoms with E-state index in [1.54, 1.807) is 6.21 Å². The fourth-order valence-corrected chi connectivity index (χ4v) is 2.17. The van der Waals surface area contributed by atoms with Crippen LogP contribution in [0.2, 0.25) is 0 Å². The van der Waals surface area contributed by atoms with E-state index in [2.05, 4.69) is 15.8 Å². The molecule has 1 unspecified atom stereocenters. The molecule has 1 saturated heterocycles. The molecule has 1 fully saturated rings. The zero-order valence-corrected chi connectivity index (χ0v) is 13.0. The number of hydrogen-bond donors (Lipinski definition) is 2. The third-order valence-electron chi connectivity index (χ3n) is 3.09. The molecule has 0 radical (unpaired) electrons. The topological polar surface area (TPSA) is 54.9 Å². The zero-order chi connectivity index (χ0) is 14.9. The summed E-state index contributed by atoms with van der Waals surface area (Å²) < 4.78 is 10.9. The highest BCUT2D eigenvalue weighted by Gasteiger charge is 2.14. The first kappa shape index (κ1) is 15.7. The van der Waals surface area contributed by atoms with Crippen LogP contribution in [0.1, 0.15) is 25.3 Å². The molecule has 1 aromatic carbocycles. The van der Waals surface area contributed by atoms with Crippen molar-refractivity contribution in [2.75, 3.05) is 19.8 Å². The largest absolute Gasteiger partial charge is 0.494 e. The molecular weight excluding hydrogens is 286 g/mol. The molecule has 1 aliphatic heterocycles. The number of hydrogen-bond acceptors (Lipinski definition) is 4. The summed E-state index contributed by atoms with van der Waals surface area (Å²) in [4.78, 5) is 0. The SMILES string of the molecule is CCOc1ccc(C=NNC(=S)NCC2CCCO2)cc1. The lowest BCUT2D eigenvalue weighted by atomic mass is 10.2. The van der Waals surface area contributed by atoms with Crippen LogP contribution >= 0.6 is 12.2 Å². The van der Waals surface area contributed by atoms with Crippen LogP contribution in [0.5, 0.6) is 5.75 Å². The summed E-state index contributed by atoms with van der Waals surface area (Å²) in [5.41, 5.74) is 3.78. The van der Waals surface area contributed by atoms with Crippen molar-refractivity contribution in [1.82, 2.24) is 10.7 Å². The van der Waals surface area contributed by atoms with Gasteiger partial charge in [0.25, 0.3) is 0 Å². The van der Waals surface area contributed by atoms with Crippen molar-refractivity contribution in [1.29, 1.82) is 0 Å². The van der Waals surface area contributed by atoms with Gasteiger partial charge in [-0.2, -0.15) is 5.10 Å². The third-order valence-corrected chi connectivity index (χ3v) is 3.32. The average Bonchev–Trinajstić information content (AvgIpc) is 3.01. The highest BCUT2D eigenvalue weighted by molar-refractivity contribution is 7.80. The minimum Gasteiger partial charge on any atom is -0.494 e. The monoisotopic (exact) mass is 307 g/mol. The minimum atomic E-state index is 0.264. The Morgan fingerprint density at radius 1 is 1.48 bits per heavy atom. The Balaban J connectivity index is 1.69. The molecule has 6 heteroatoms. The first-order valence-corrected chi connectivity index (χ1v) is 7.60. The predicted molar refractivity (Wildman–Crippen MR) is 87.9 cm³/mol. The van der Waals surface area contributed by atoms with Gasteiger partial charge in [-0.05, 0) is 61.8 Å². The zero-order valence-electron chi connectivity index (χ0n) is 12.2. The van der Waals surface area contributed by atoms with Crippen LogP contribution in [-0.2, 0) is 4.74 Å². The molecule has 0 aliphatic carbocycles. The van der Waals surface area contributed by atoms with Crippen LogP contribution < -0.4 is 15.5 Å². The van der Waals surface area contributed by atoms with E-state index in [0.717, 1.165) is 37.3 Å². The van der Waals surface area contributed by atoms with E-state index in [-0.39, 0.29) is 6.10 Å². The van der Waals surface area contributed by atoms with Gasteiger partial charge in [-0.1, -0.05) is 0 Å². The van der Waals surface area contributed by atoms with Crippen LogP contribution in [0, 0.1) is 0 Å². The lowest BCUT2D eigenvalue weighted by Gasteiger charge is -2.11. The predicted octanol–water partition coefficient (Wildman–Crippen LogP) is 2.06. The smallest absolute Gasteiger partial charge is 0.187 e. The first-order chi connectivity index (χ1) is 10.3. The Kier molecular flexibility index (Phi) is 6.43. The molecule has 2 rings (SSSR count). The fraction of sp³-hybridized carbons (Fsp3) is 0.467. The maximum absolute atomic E-state index is 5.51. The number of ether oxygens (including phenoxy) is 2. The van der Waals surface area contributed by atoms with Gasteiger partial charge in [0.05, 0.1) is 18.9 Å². The maximum Gasteiger partial charge on any atom is 0.187 e. The molecule has 2 N–H and O–H groups in total. The van der Waals surface area contributed by atoms with E-state index >= 15 is 0 Å². The normalized spacial score (nSPS) is 17.9. The molecule has 0 aromatic heterocycles. The molecule has 0 saturated carbocycles. The lowest BCUT2D eigenvalue weighted by Crippen LogP contribution is -2.37. The highest BCUT2D eigenvalue weighted by atomic mass is 32.1. The van der Waals surface area contributed by atoms with Crippen molar-refractivity contribution in [3.8, 4) is 5.75 Å². The molecular formula is C15H21N3O2S. The molecule has 5 nitrogen and oxygen atoms in total. The number of benzene rings is 1. The summed E-state index contributed by atoms with van der Waals surface area (Å²) in [6, 6.07) is 7.72. The summed E-state index contributed by atoms with van der Waals surface area (Å²) >= 11 is 5.15. The van der Waals surface area contributed by atoms with Gasteiger partial charge in [-0.15, -0.1) is 0 Å².